The zero-order chi connectivity index (χ0) is 12.3. The summed E-state index contributed by atoms with van der Waals surface area (Å²) in [5.41, 5.74) is -0.782. The molecule has 5 heteroatoms. The number of carbonyl (C=O) groups excluding carboxylic acids is 2. The minimum absolute atomic E-state index is 0.0584. The molecule has 16 heavy (non-hydrogen) atoms. The van der Waals surface area contributed by atoms with Gasteiger partial charge < -0.3 is 15.0 Å². The van der Waals surface area contributed by atoms with Gasteiger partial charge in [0.2, 0.25) is 11.8 Å². The fourth-order valence-corrected chi connectivity index (χ4v) is 1.69. The van der Waals surface area contributed by atoms with Gasteiger partial charge in [-0.25, -0.2) is 0 Å². The zero-order valence-electron chi connectivity index (χ0n) is 10.4. The molecule has 0 atom stereocenters. The molecule has 0 aromatic carbocycles. The van der Waals surface area contributed by atoms with Gasteiger partial charge in [0.1, 0.15) is 5.54 Å². The van der Waals surface area contributed by atoms with Crippen molar-refractivity contribution < 1.29 is 14.3 Å². The quantitative estimate of drug-likeness (QED) is 0.745. The Morgan fingerprint density at radius 1 is 1.44 bits per heavy atom. The summed E-state index contributed by atoms with van der Waals surface area (Å²) in [5.74, 6) is -0.173. The van der Waals surface area contributed by atoms with Crippen LogP contribution in [0.3, 0.4) is 0 Å². The third kappa shape index (κ3) is 2.72. The maximum absolute atomic E-state index is 11.7. The highest BCUT2D eigenvalue weighted by atomic mass is 16.5. The first-order chi connectivity index (χ1) is 7.35. The first-order valence-corrected chi connectivity index (χ1v) is 5.56. The lowest BCUT2D eigenvalue weighted by Crippen LogP contribution is -2.64. The van der Waals surface area contributed by atoms with Crippen LogP contribution in [0.4, 0.5) is 0 Å². The van der Waals surface area contributed by atoms with E-state index in [1.54, 1.807) is 18.7 Å². The molecule has 92 valence electrons. The molecule has 1 fully saturated rings. The molecule has 0 spiro atoms. The van der Waals surface area contributed by atoms with Crippen LogP contribution in [0.25, 0.3) is 0 Å². The zero-order valence-corrected chi connectivity index (χ0v) is 10.4. The fraction of sp³-hybridized carbons (Fsp3) is 0.818. The fourth-order valence-electron chi connectivity index (χ4n) is 1.69. The second-order valence-electron chi connectivity index (χ2n) is 4.71. The summed E-state index contributed by atoms with van der Waals surface area (Å²) in [6.45, 7) is 8.37. The van der Waals surface area contributed by atoms with Crippen LogP contribution in [0, 0.1) is 0 Å². The van der Waals surface area contributed by atoms with Crippen LogP contribution in [0.5, 0.6) is 0 Å². The van der Waals surface area contributed by atoms with Crippen molar-refractivity contribution in [2.75, 3.05) is 19.7 Å². The van der Waals surface area contributed by atoms with Crippen LogP contribution < -0.4 is 5.32 Å². The Balaban J connectivity index is 2.60. The highest BCUT2D eigenvalue weighted by Gasteiger charge is 2.41. The number of rotatable bonds is 4. The standard InChI is InChI=1S/C11H20N2O3/c1-8(2)16-6-5-13-9(14)7-12-10(15)11(13,3)4/h8H,5-7H2,1-4H3,(H,12,15). The highest BCUT2D eigenvalue weighted by molar-refractivity contribution is 5.97. The smallest absolute Gasteiger partial charge is 0.245 e. The van der Waals surface area contributed by atoms with Gasteiger partial charge in [0, 0.05) is 6.54 Å². The van der Waals surface area contributed by atoms with E-state index in [2.05, 4.69) is 5.32 Å². The molecule has 0 radical (unpaired) electrons. The van der Waals surface area contributed by atoms with Crippen LogP contribution in [-0.4, -0.2) is 48.1 Å². The van der Waals surface area contributed by atoms with Gasteiger partial charge in [-0.1, -0.05) is 0 Å². The van der Waals surface area contributed by atoms with Crippen molar-refractivity contribution in [3.63, 3.8) is 0 Å². The van der Waals surface area contributed by atoms with Gasteiger partial charge in [-0.15, -0.1) is 0 Å². The van der Waals surface area contributed by atoms with Gasteiger partial charge in [0.05, 0.1) is 19.3 Å². The number of ether oxygens (including phenoxy) is 1. The summed E-state index contributed by atoms with van der Waals surface area (Å²) in [5, 5.41) is 2.58. The van der Waals surface area contributed by atoms with Gasteiger partial charge in [0.25, 0.3) is 0 Å². The molecule has 0 unspecified atom stereocenters. The number of carbonyl (C=O) groups is 2. The van der Waals surface area contributed by atoms with Crippen molar-refractivity contribution >= 4 is 11.8 Å². The number of nitrogens with zero attached hydrogens (tertiary/aromatic N) is 1. The molecule has 0 aromatic heterocycles. The second-order valence-corrected chi connectivity index (χ2v) is 4.71. The molecule has 1 saturated heterocycles. The SMILES string of the molecule is CC(C)OCCN1C(=O)CNC(=O)C1(C)C. The minimum Gasteiger partial charge on any atom is -0.377 e. The molecule has 5 nitrogen and oxygen atoms in total. The number of hydrogen-bond donors (Lipinski definition) is 1. The molecular formula is C11H20N2O3. The van der Waals surface area contributed by atoms with Crippen LogP contribution >= 0.6 is 0 Å². The first-order valence-electron chi connectivity index (χ1n) is 5.56. The topological polar surface area (TPSA) is 58.6 Å². The third-order valence-electron chi connectivity index (χ3n) is 2.70. The van der Waals surface area contributed by atoms with Crippen molar-refractivity contribution in [3.05, 3.63) is 0 Å². The Hall–Kier alpha value is -1.10. The van der Waals surface area contributed by atoms with E-state index in [0.717, 1.165) is 0 Å². The Kier molecular flexibility index (Phi) is 3.91. The Labute approximate surface area is 96.1 Å². The van der Waals surface area contributed by atoms with Gasteiger partial charge >= 0.3 is 0 Å². The van der Waals surface area contributed by atoms with E-state index in [4.69, 9.17) is 4.74 Å². The average Bonchev–Trinajstić information content (AvgIpc) is 2.17. The lowest BCUT2D eigenvalue weighted by atomic mass is 9.99. The third-order valence-corrected chi connectivity index (χ3v) is 2.70. The molecule has 1 aliphatic heterocycles. The van der Waals surface area contributed by atoms with E-state index in [1.807, 2.05) is 13.8 Å². The second kappa shape index (κ2) is 4.82. The predicted molar refractivity (Wildman–Crippen MR) is 59.9 cm³/mol. The predicted octanol–water partition coefficient (Wildman–Crippen LogP) is 0.148. The Bertz CT molecular complexity index is 287. The molecule has 0 aliphatic carbocycles. The summed E-state index contributed by atoms with van der Waals surface area (Å²) in [7, 11) is 0. The summed E-state index contributed by atoms with van der Waals surface area (Å²) < 4.78 is 5.40. The lowest BCUT2D eigenvalue weighted by Gasteiger charge is -2.41. The highest BCUT2D eigenvalue weighted by Crippen LogP contribution is 2.17. The van der Waals surface area contributed by atoms with Crippen LogP contribution in [0.1, 0.15) is 27.7 Å². The van der Waals surface area contributed by atoms with Crippen LogP contribution in [0.2, 0.25) is 0 Å². The van der Waals surface area contributed by atoms with E-state index in [9.17, 15) is 9.59 Å². The van der Waals surface area contributed by atoms with E-state index in [1.165, 1.54) is 0 Å². The van der Waals surface area contributed by atoms with Crippen molar-refractivity contribution in [1.82, 2.24) is 10.2 Å². The van der Waals surface area contributed by atoms with Crippen LogP contribution in [0.15, 0.2) is 0 Å². The van der Waals surface area contributed by atoms with Crippen molar-refractivity contribution in [2.24, 2.45) is 0 Å². The summed E-state index contributed by atoms with van der Waals surface area (Å²) in [4.78, 5) is 24.9. The Morgan fingerprint density at radius 2 is 2.06 bits per heavy atom. The molecule has 1 N–H and O–H groups in total. The maximum atomic E-state index is 11.7. The Morgan fingerprint density at radius 3 is 2.62 bits per heavy atom. The monoisotopic (exact) mass is 228 g/mol. The summed E-state index contributed by atoms with van der Waals surface area (Å²) in [6.07, 6.45) is 0.136. The first kappa shape index (κ1) is 13.0. The van der Waals surface area contributed by atoms with Gasteiger partial charge in [-0.2, -0.15) is 0 Å². The number of amides is 2. The maximum Gasteiger partial charge on any atom is 0.245 e. The average molecular weight is 228 g/mol. The normalized spacial score (nSPS) is 20.2. The lowest BCUT2D eigenvalue weighted by molar-refractivity contribution is -0.152. The summed E-state index contributed by atoms with van der Waals surface area (Å²) in [6, 6.07) is 0. The molecule has 1 rings (SSSR count). The van der Waals surface area contributed by atoms with Crippen molar-refractivity contribution in [2.45, 2.75) is 39.3 Å². The molecule has 0 bridgehead atoms. The molecular weight excluding hydrogens is 208 g/mol. The van der Waals surface area contributed by atoms with E-state index in [-0.39, 0.29) is 24.5 Å². The number of nitrogens with one attached hydrogen (secondary N) is 1. The van der Waals surface area contributed by atoms with E-state index in [0.29, 0.717) is 13.2 Å². The largest absolute Gasteiger partial charge is 0.377 e. The summed E-state index contributed by atoms with van der Waals surface area (Å²) >= 11 is 0. The van der Waals surface area contributed by atoms with E-state index < -0.39 is 5.54 Å². The number of hydrogen-bond acceptors (Lipinski definition) is 3. The molecule has 1 heterocycles. The molecule has 0 aromatic rings. The van der Waals surface area contributed by atoms with Crippen molar-refractivity contribution in [3.8, 4) is 0 Å². The minimum atomic E-state index is -0.782. The van der Waals surface area contributed by atoms with Crippen molar-refractivity contribution in [1.29, 1.82) is 0 Å². The molecule has 2 amide bonds. The van der Waals surface area contributed by atoms with Gasteiger partial charge in [-0.05, 0) is 27.7 Å². The molecule has 1 aliphatic rings. The van der Waals surface area contributed by atoms with Crippen LogP contribution in [-0.2, 0) is 14.3 Å². The molecule has 0 saturated carbocycles. The van der Waals surface area contributed by atoms with Gasteiger partial charge in [0.15, 0.2) is 0 Å². The van der Waals surface area contributed by atoms with Gasteiger partial charge in [-0.3, -0.25) is 9.59 Å². The number of piperazine rings is 1. The van der Waals surface area contributed by atoms with E-state index >= 15 is 0 Å².